The van der Waals surface area contributed by atoms with Crippen LogP contribution in [0.1, 0.15) is 26.2 Å². The van der Waals surface area contributed by atoms with Gasteiger partial charge >= 0.3 is 0 Å². The summed E-state index contributed by atoms with van der Waals surface area (Å²) in [5.74, 6) is 0. The second-order valence-electron chi connectivity index (χ2n) is 3.66. The highest BCUT2D eigenvalue weighted by molar-refractivity contribution is 4.97. The van der Waals surface area contributed by atoms with E-state index in [0.29, 0.717) is 0 Å². The lowest BCUT2D eigenvalue weighted by molar-refractivity contribution is 0.306. The molecule has 0 aromatic rings. The van der Waals surface area contributed by atoms with Crippen molar-refractivity contribution in [2.75, 3.05) is 26.7 Å². The van der Waals surface area contributed by atoms with Crippen molar-refractivity contribution in [1.82, 2.24) is 10.2 Å². The first-order valence-corrected chi connectivity index (χ1v) is 5.43. The van der Waals surface area contributed by atoms with Crippen LogP contribution < -0.4 is 5.32 Å². The van der Waals surface area contributed by atoms with Crippen LogP contribution in [-0.4, -0.2) is 37.6 Å². The minimum atomic E-state index is 0.724. The van der Waals surface area contributed by atoms with Gasteiger partial charge in [0.15, 0.2) is 0 Å². The van der Waals surface area contributed by atoms with Gasteiger partial charge in [-0.25, -0.2) is 0 Å². The van der Waals surface area contributed by atoms with Gasteiger partial charge in [0, 0.05) is 6.04 Å². The van der Waals surface area contributed by atoms with E-state index in [-0.39, 0.29) is 0 Å². The molecule has 1 saturated heterocycles. The van der Waals surface area contributed by atoms with Crippen LogP contribution in [0.4, 0.5) is 0 Å². The summed E-state index contributed by atoms with van der Waals surface area (Å²) in [5, 5.41) is 3.15. The summed E-state index contributed by atoms with van der Waals surface area (Å²) in [7, 11) is 2.00. The quantitative estimate of drug-likeness (QED) is 0.513. The Morgan fingerprint density at radius 3 is 3.08 bits per heavy atom. The van der Waals surface area contributed by atoms with Gasteiger partial charge in [0.1, 0.15) is 0 Å². The van der Waals surface area contributed by atoms with Crippen LogP contribution >= 0.6 is 0 Å². The van der Waals surface area contributed by atoms with Crippen molar-refractivity contribution in [3.63, 3.8) is 0 Å². The largest absolute Gasteiger partial charge is 0.319 e. The zero-order chi connectivity index (χ0) is 9.52. The Morgan fingerprint density at radius 1 is 1.54 bits per heavy atom. The number of hydrogen-bond donors (Lipinski definition) is 1. The number of rotatable bonds is 5. The van der Waals surface area contributed by atoms with Crippen LogP contribution in [0.25, 0.3) is 0 Å². The third-order valence-electron chi connectivity index (χ3n) is 2.74. The molecule has 0 amide bonds. The molecule has 0 radical (unpaired) electrons. The van der Waals surface area contributed by atoms with Crippen molar-refractivity contribution < 1.29 is 0 Å². The lowest BCUT2D eigenvalue weighted by atomic mass is 10.2. The summed E-state index contributed by atoms with van der Waals surface area (Å²) >= 11 is 0. The molecule has 0 bridgehead atoms. The van der Waals surface area contributed by atoms with Crippen LogP contribution in [0.2, 0.25) is 0 Å². The van der Waals surface area contributed by atoms with E-state index in [9.17, 15) is 0 Å². The fraction of sp³-hybridized carbons (Fsp3) is 0.818. The van der Waals surface area contributed by atoms with Crippen LogP contribution in [0.15, 0.2) is 12.2 Å². The molecule has 0 aromatic heterocycles. The van der Waals surface area contributed by atoms with Gasteiger partial charge in [-0.2, -0.15) is 0 Å². The van der Waals surface area contributed by atoms with E-state index < -0.39 is 0 Å². The molecule has 2 nitrogen and oxygen atoms in total. The van der Waals surface area contributed by atoms with E-state index in [1.165, 1.54) is 25.9 Å². The zero-order valence-electron chi connectivity index (χ0n) is 8.92. The van der Waals surface area contributed by atoms with Crippen molar-refractivity contribution in [3.05, 3.63) is 12.2 Å². The van der Waals surface area contributed by atoms with Crippen molar-refractivity contribution in [1.29, 1.82) is 0 Å². The van der Waals surface area contributed by atoms with Gasteiger partial charge in [-0.05, 0) is 45.9 Å². The predicted octanol–water partition coefficient (Wildman–Crippen LogP) is 1.64. The van der Waals surface area contributed by atoms with Gasteiger partial charge in [0.05, 0.1) is 0 Å². The van der Waals surface area contributed by atoms with Gasteiger partial charge < -0.3 is 5.32 Å². The molecule has 1 aliphatic heterocycles. The van der Waals surface area contributed by atoms with Gasteiger partial charge in [0.2, 0.25) is 0 Å². The summed E-state index contributed by atoms with van der Waals surface area (Å²) < 4.78 is 0. The summed E-state index contributed by atoms with van der Waals surface area (Å²) in [6.07, 6.45) is 8.58. The molecule has 0 spiro atoms. The van der Waals surface area contributed by atoms with E-state index in [0.717, 1.165) is 19.0 Å². The number of likely N-dealkylation sites (N-methyl/N-ethyl adjacent to an activating group) is 1. The van der Waals surface area contributed by atoms with Crippen LogP contribution in [0.3, 0.4) is 0 Å². The molecule has 1 aliphatic rings. The molecule has 1 N–H and O–H groups in total. The lowest BCUT2D eigenvalue weighted by Crippen LogP contribution is -2.27. The number of nitrogens with zero attached hydrogens (tertiary/aromatic N) is 1. The molecule has 1 unspecified atom stereocenters. The normalized spacial score (nSPS) is 24.6. The maximum Gasteiger partial charge on any atom is 0.0278 e. The maximum atomic E-state index is 3.15. The predicted molar refractivity (Wildman–Crippen MR) is 58.0 cm³/mol. The highest BCUT2D eigenvalue weighted by Gasteiger charge is 2.19. The SMILES string of the molecule is CCN1CCCC1/C=C\CCNC. The first-order valence-electron chi connectivity index (χ1n) is 5.43. The van der Waals surface area contributed by atoms with Crippen LogP contribution in [0, 0.1) is 0 Å². The average Bonchev–Trinajstić information content (AvgIpc) is 2.60. The third-order valence-corrected chi connectivity index (χ3v) is 2.74. The van der Waals surface area contributed by atoms with E-state index in [1.54, 1.807) is 0 Å². The average molecular weight is 182 g/mol. The van der Waals surface area contributed by atoms with Gasteiger partial charge in [-0.15, -0.1) is 0 Å². The summed E-state index contributed by atoms with van der Waals surface area (Å²) in [6.45, 7) is 5.83. The summed E-state index contributed by atoms with van der Waals surface area (Å²) in [6, 6.07) is 0.724. The van der Waals surface area contributed by atoms with Crippen molar-refractivity contribution in [2.24, 2.45) is 0 Å². The molecular weight excluding hydrogens is 160 g/mol. The highest BCUT2D eigenvalue weighted by Crippen LogP contribution is 2.17. The summed E-state index contributed by atoms with van der Waals surface area (Å²) in [5.41, 5.74) is 0. The Kier molecular flexibility index (Phi) is 5.09. The van der Waals surface area contributed by atoms with Crippen LogP contribution in [-0.2, 0) is 0 Å². The first-order chi connectivity index (χ1) is 6.38. The maximum absolute atomic E-state index is 3.15. The van der Waals surface area contributed by atoms with E-state index in [2.05, 4.69) is 29.3 Å². The molecule has 0 aliphatic carbocycles. The monoisotopic (exact) mass is 182 g/mol. The fourth-order valence-electron chi connectivity index (χ4n) is 1.94. The van der Waals surface area contributed by atoms with Crippen molar-refractivity contribution in [2.45, 2.75) is 32.2 Å². The molecule has 1 rings (SSSR count). The Hall–Kier alpha value is -0.340. The fourth-order valence-corrected chi connectivity index (χ4v) is 1.94. The van der Waals surface area contributed by atoms with E-state index >= 15 is 0 Å². The first kappa shape index (κ1) is 10.7. The van der Waals surface area contributed by atoms with Gasteiger partial charge in [0.25, 0.3) is 0 Å². The zero-order valence-corrected chi connectivity index (χ0v) is 8.92. The molecule has 1 atom stereocenters. The molecule has 13 heavy (non-hydrogen) atoms. The second-order valence-corrected chi connectivity index (χ2v) is 3.66. The molecule has 1 heterocycles. The van der Waals surface area contributed by atoms with Gasteiger partial charge in [-0.1, -0.05) is 19.1 Å². The van der Waals surface area contributed by atoms with Crippen LogP contribution in [0.5, 0.6) is 0 Å². The molecule has 2 heteroatoms. The number of hydrogen-bond acceptors (Lipinski definition) is 2. The van der Waals surface area contributed by atoms with Gasteiger partial charge in [-0.3, -0.25) is 4.90 Å². The minimum absolute atomic E-state index is 0.724. The smallest absolute Gasteiger partial charge is 0.0278 e. The Labute approximate surface area is 82.0 Å². The Morgan fingerprint density at radius 2 is 2.38 bits per heavy atom. The molecule has 0 saturated carbocycles. The Balaban J connectivity index is 2.22. The highest BCUT2D eigenvalue weighted by atomic mass is 15.2. The standard InChI is InChI=1S/C11H22N2/c1-3-13-10-6-8-11(13)7-4-5-9-12-2/h4,7,11-12H,3,5-6,8-10H2,1-2H3/b7-4-. The summed E-state index contributed by atoms with van der Waals surface area (Å²) in [4.78, 5) is 2.55. The van der Waals surface area contributed by atoms with E-state index in [1.807, 2.05) is 7.05 Å². The minimum Gasteiger partial charge on any atom is -0.319 e. The lowest BCUT2D eigenvalue weighted by Gasteiger charge is -2.19. The third kappa shape index (κ3) is 3.49. The molecule has 1 fully saturated rings. The second kappa shape index (κ2) is 6.17. The topological polar surface area (TPSA) is 15.3 Å². The molecule has 0 aromatic carbocycles. The van der Waals surface area contributed by atoms with Crippen molar-refractivity contribution in [3.8, 4) is 0 Å². The number of nitrogens with one attached hydrogen (secondary N) is 1. The van der Waals surface area contributed by atoms with Crippen molar-refractivity contribution >= 4 is 0 Å². The number of likely N-dealkylation sites (tertiary alicyclic amines) is 1. The molecule has 76 valence electrons. The Bertz CT molecular complexity index is 154. The molecular formula is C11H22N2. The van der Waals surface area contributed by atoms with E-state index in [4.69, 9.17) is 0 Å².